The van der Waals surface area contributed by atoms with Crippen molar-refractivity contribution in [2.45, 2.75) is 32.1 Å². The molecule has 1 amide bonds. The maximum absolute atomic E-state index is 12.3. The molecule has 1 atom stereocenters. The van der Waals surface area contributed by atoms with Gasteiger partial charge in [0, 0.05) is 32.6 Å². The molecule has 2 heterocycles. The van der Waals surface area contributed by atoms with Crippen LogP contribution in [0.15, 0.2) is 30.3 Å². The number of hydrogen-bond acceptors (Lipinski definition) is 3. The Morgan fingerprint density at radius 1 is 1.12 bits per heavy atom. The summed E-state index contributed by atoms with van der Waals surface area (Å²) < 4.78 is 5.32. The van der Waals surface area contributed by atoms with E-state index in [4.69, 9.17) is 4.74 Å². The highest BCUT2D eigenvalue weighted by molar-refractivity contribution is 5.76. The molecule has 0 spiro atoms. The molecular formula is C20H30N2O2. The lowest BCUT2D eigenvalue weighted by atomic mass is 9.93. The molecule has 0 radical (unpaired) electrons. The third-order valence-electron chi connectivity index (χ3n) is 5.29. The predicted octanol–water partition coefficient (Wildman–Crippen LogP) is 2.58. The standard InChI is InChI=1S/C20H30N2O2/c23-20(22-13-15-24-16-14-22)9-8-19-7-4-11-21(17-19)12-10-18-5-2-1-3-6-18/h1-3,5-6,19H,4,7-17H2/t19-/m1/s1. The maximum atomic E-state index is 12.3. The quantitative estimate of drug-likeness (QED) is 0.804. The summed E-state index contributed by atoms with van der Waals surface area (Å²) in [5.41, 5.74) is 1.42. The zero-order valence-electron chi connectivity index (χ0n) is 14.7. The third-order valence-corrected chi connectivity index (χ3v) is 5.29. The molecule has 2 aliphatic rings. The van der Waals surface area contributed by atoms with E-state index in [-0.39, 0.29) is 0 Å². The lowest BCUT2D eigenvalue weighted by Crippen LogP contribution is -2.41. The van der Waals surface area contributed by atoms with E-state index in [9.17, 15) is 4.79 Å². The van der Waals surface area contributed by atoms with Crippen LogP contribution >= 0.6 is 0 Å². The second-order valence-electron chi connectivity index (χ2n) is 7.08. The SMILES string of the molecule is O=C(CC[C@H]1CCCN(CCc2ccccc2)C1)N1CCOCC1. The average molecular weight is 330 g/mol. The van der Waals surface area contributed by atoms with E-state index in [2.05, 4.69) is 35.2 Å². The van der Waals surface area contributed by atoms with Crippen LogP contribution in [0, 0.1) is 5.92 Å². The number of piperidine rings is 1. The largest absolute Gasteiger partial charge is 0.378 e. The van der Waals surface area contributed by atoms with Gasteiger partial charge in [0.05, 0.1) is 13.2 Å². The summed E-state index contributed by atoms with van der Waals surface area (Å²) in [5, 5.41) is 0. The topological polar surface area (TPSA) is 32.8 Å². The minimum absolute atomic E-state index is 0.319. The Morgan fingerprint density at radius 2 is 1.92 bits per heavy atom. The number of morpholine rings is 1. The van der Waals surface area contributed by atoms with Gasteiger partial charge in [-0.3, -0.25) is 4.79 Å². The molecular weight excluding hydrogens is 300 g/mol. The van der Waals surface area contributed by atoms with Crippen LogP contribution in [0.5, 0.6) is 0 Å². The highest BCUT2D eigenvalue weighted by Gasteiger charge is 2.22. The minimum Gasteiger partial charge on any atom is -0.378 e. The van der Waals surface area contributed by atoms with Crippen molar-refractivity contribution in [1.82, 2.24) is 9.80 Å². The third kappa shape index (κ3) is 5.32. The Hall–Kier alpha value is -1.39. The highest BCUT2D eigenvalue weighted by Crippen LogP contribution is 2.22. The first kappa shape index (κ1) is 17.4. The normalized spacial score (nSPS) is 22.5. The molecule has 0 bridgehead atoms. The van der Waals surface area contributed by atoms with Crippen molar-refractivity contribution in [1.29, 1.82) is 0 Å². The molecule has 132 valence electrons. The summed E-state index contributed by atoms with van der Waals surface area (Å²) in [6.45, 7) is 6.44. The van der Waals surface area contributed by atoms with Crippen molar-refractivity contribution in [2.24, 2.45) is 5.92 Å². The summed E-state index contributed by atoms with van der Waals surface area (Å²) >= 11 is 0. The van der Waals surface area contributed by atoms with Crippen LogP contribution in [-0.4, -0.2) is 61.6 Å². The van der Waals surface area contributed by atoms with Gasteiger partial charge < -0.3 is 14.5 Å². The lowest BCUT2D eigenvalue weighted by Gasteiger charge is -2.33. The zero-order chi connectivity index (χ0) is 16.6. The van der Waals surface area contributed by atoms with E-state index in [0.717, 1.165) is 39.0 Å². The Balaban J connectivity index is 1.38. The summed E-state index contributed by atoms with van der Waals surface area (Å²) in [6, 6.07) is 10.7. The first-order valence-corrected chi connectivity index (χ1v) is 9.43. The van der Waals surface area contributed by atoms with Gasteiger partial charge in [-0.25, -0.2) is 0 Å². The van der Waals surface area contributed by atoms with Crippen molar-refractivity contribution in [3.05, 3.63) is 35.9 Å². The summed E-state index contributed by atoms with van der Waals surface area (Å²) in [4.78, 5) is 16.8. The fourth-order valence-corrected chi connectivity index (χ4v) is 3.82. The number of carbonyl (C=O) groups is 1. The molecule has 2 saturated heterocycles. The van der Waals surface area contributed by atoms with Crippen LogP contribution in [0.2, 0.25) is 0 Å². The van der Waals surface area contributed by atoms with Gasteiger partial charge in [-0.05, 0) is 43.7 Å². The van der Waals surface area contributed by atoms with E-state index in [1.165, 1.54) is 24.9 Å². The van der Waals surface area contributed by atoms with Crippen molar-refractivity contribution in [3.63, 3.8) is 0 Å². The number of nitrogens with zero attached hydrogens (tertiary/aromatic N) is 2. The van der Waals surface area contributed by atoms with Crippen molar-refractivity contribution in [3.8, 4) is 0 Å². The number of ether oxygens (including phenoxy) is 1. The molecule has 0 aromatic heterocycles. The zero-order valence-corrected chi connectivity index (χ0v) is 14.7. The molecule has 4 nitrogen and oxygen atoms in total. The second kappa shape index (κ2) is 9.19. The van der Waals surface area contributed by atoms with E-state index < -0.39 is 0 Å². The molecule has 0 saturated carbocycles. The first-order valence-electron chi connectivity index (χ1n) is 9.43. The second-order valence-corrected chi connectivity index (χ2v) is 7.08. The van der Waals surface area contributed by atoms with E-state index >= 15 is 0 Å². The van der Waals surface area contributed by atoms with Crippen LogP contribution in [0.4, 0.5) is 0 Å². The van der Waals surface area contributed by atoms with Gasteiger partial charge in [0.1, 0.15) is 0 Å². The van der Waals surface area contributed by atoms with Crippen LogP contribution < -0.4 is 0 Å². The van der Waals surface area contributed by atoms with Crippen molar-refractivity contribution >= 4 is 5.91 Å². The molecule has 0 unspecified atom stereocenters. The van der Waals surface area contributed by atoms with Crippen LogP contribution in [0.25, 0.3) is 0 Å². The molecule has 1 aromatic rings. The van der Waals surface area contributed by atoms with Gasteiger partial charge in [0.2, 0.25) is 5.91 Å². The highest BCUT2D eigenvalue weighted by atomic mass is 16.5. The van der Waals surface area contributed by atoms with E-state index in [0.29, 0.717) is 31.5 Å². The Labute approximate surface area is 145 Å². The van der Waals surface area contributed by atoms with Gasteiger partial charge in [-0.1, -0.05) is 30.3 Å². The molecule has 0 N–H and O–H groups in total. The Morgan fingerprint density at radius 3 is 2.71 bits per heavy atom. The van der Waals surface area contributed by atoms with Gasteiger partial charge in [0.15, 0.2) is 0 Å². The van der Waals surface area contributed by atoms with Crippen molar-refractivity contribution in [2.75, 3.05) is 45.9 Å². The fraction of sp³-hybridized carbons (Fsp3) is 0.650. The van der Waals surface area contributed by atoms with Gasteiger partial charge in [-0.2, -0.15) is 0 Å². The van der Waals surface area contributed by atoms with Gasteiger partial charge in [0.25, 0.3) is 0 Å². The van der Waals surface area contributed by atoms with Crippen LogP contribution in [0.3, 0.4) is 0 Å². The smallest absolute Gasteiger partial charge is 0.222 e. The summed E-state index contributed by atoms with van der Waals surface area (Å²) in [6.07, 6.45) is 5.42. The average Bonchev–Trinajstić information content (AvgIpc) is 2.66. The number of likely N-dealkylation sites (tertiary alicyclic amines) is 1. The minimum atomic E-state index is 0.319. The summed E-state index contributed by atoms with van der Waals surface area (Å²) in [7, 11) is 0. The Bertz CT molecular complexity index is 500. The number of benzene rings is 1. The molecule has 3 rings (SSSR count). The fourth-order valence-electron chi connectivity index (χ4n) is 3.82. The number of hydrogen-bond donors (Lipinski definition) is 0. The predicted molar refractivity (Wildman–Crippen MR) is 95.9 cm³/mol. The number of carbonyl (C=O) groups excluding carboxylic acids is 1. The molecule has 4 heteroatoms. The monoisotopic (exact) mass is 330 g/mol. The number of rotatable bonds is 6. The summed E-state index contributed by atoms with van der Waals surface area (Å²) in [5.74, 6) is 0.999. The van der Waals surface area contributed by atoms with Gasteiger partial charge >= 0.3 is 0 Å². The van der Waals surface area contributed by atoms with Crippen LogP contribution in [-0.2, 0) is 16.0 Å². The molecule has 0 aliphatic carbocycles. The molecule has 2 aliphatic heterocycles. The molecule has 2 fully saturated rings. The Kier molecular flexibility index (Phi) is 6.67. The number of amides is 1. The molecule has 1 aromatic carbocycles. The van der Waals surface area contributed by atoms with Crippen LogP contribution in [0.1, 0.15) is 31.2 Å². The molecule has 24 heavy (non-hydrogen) atoms. The lowest BCUT2D eigenvalue weighted by molar-refractivity contribution is -0.135. The first-order chi connectivity index (χ1) is 11.8. The maximum Gasteiger partial charge on any atom is 0.222 e. The van der Waals surface area contributed by atoms with E-state index in [1.807, 2.05) is 4.90 Å². The van der Waals surface area contributed by atoms with E-state index in [1.54, 1.807) is 0 Å². The van der Waals surface area contributed by atoms with Crippen molar-refractivity contribution < 1.29 is 9.53 Å². The van der Waals surface area contributed by atoms with Gasteiger partial charge in [-0.15, -0.1) is 0 Å².